The summed E-state index contributed by atoms with van der Waals surface area (Å²) in [4.78, 5) is 18.3. The van der Waals surface area contributed by atoms with E-state index in [-0.39, 0.29) is 29.1 Å². The van der Waals surface area contributed by atoms with Gasteiger partial charge >= 0.3 is 0 Å². The molecule has 1 N–H and O–H groups in total. The van der Waals surface area contributed by atoms with E-state index in [1.165, 1.54) is 16.4 Å². The summed E-state index contributed by atoms with van der Waals surface area (Å²) in [6.07, 6.45) is 3.51. The molecule has 0 unspecified atom stereocenters. The van der Waals surface area contributed by atoms with E-state index in [4.69, 9.17) is 9.72 Å². The van der Waals surface area contributed by atoms with Gasteiger partial charge in [-0.1, -0.05) is 0 Å². The fourth-order valence-corrected chi connectivity index (χ4v) is 6.17. The third-order valence-corrected chi connectivity index (χ3v) is 8.30. The number of anilines is 1. The SMILES string of the molecule is CC(C)n1ncc2c(C(=O)Nc3ccc(S(=O)(=O)N4C[C@@H](C)O[C@H](C)C4)cc3)cc(C3CC3)nc21. The molecular weight excluding hydrogens is 466 g/mol. The molecule has 35 heavy (non-hydrogen) atoms. The lowest BCUT2D eigenvalue weighted by molar-refractivity contribution is -0.0440. The minimum absolute atomic E-state index is 0.122. The van der Waals surface area contributed by atoms with Gasteiger partial charge in [-0.15, -0.1) is 0 Å². The number of amides is 1. The van der Waals surface area contributed by atoms with Gasteiger partial charge in [-0.2, -0.15) is 9.40 Å². The molecule has 5 rings (SSSR count). The molecule has 1 aromatic carbocycles. The number of carbonyl (C=O) groups is 1. The van der Waals surface area contributed by atoms with Crippen LogP contribution in [0.2, 0.25) is 0 Å². The van der Waals surface area contributed by atoms with E-state index in [1.807, 2.05) is 38.4 Å². The summed E-state index contributed by atoms with van der Waals surface area (Å²) in [7, 11) is -3.65. The molecule has 1 aliphatic carbocycles. The van der Waals surface area contributed by atoms with E-state index in [0.29, 0.717) is 41.3 Å². The number of nitrogens with zero attached hydrogens (tertiary/aromatic N) is 4. The highest BCUT2D eigenvalue weighted by Gasteiger charge is 2.32. The maximum atomic E-state index is 13.3. The zero-order valence-corrected chi connectivity index (χ0v) is 21.2. The first-order chi connectivity index (χ1) is 16.6. The molecule has 10 heteroatoms. The van der Waals surface area contributed by atoms with Crippen LogP contribution in [0.25, 0.3) is 11.0 Å². The number of carbonyl (C=O) groups excluding carboxylic acids is 1. The Bertz CT molecular complexity index is 1350. The summed E-state index contributed by atoms with van der Waals surface area (Å²) in [5, 5.41) is 8.07. The molecule has 0 radical (unpaired) electrons. The molecule has 2 fully saturated rings. The van der Waals surface area contributed by atoms with Crippen molar-refractivity contribution in [3.8, 4) is 0 Å². The smallest absolute Gasteiger partial charge is 0.256 e. The number of nitrogens with one attached hydrogen (secondary N) is 1. The summed E-state index contributed by atoms with van der Waals surface area (Å²) in [5.41, 5.74) is 2.68. The van der Waals surface area contributed by atoms with Crippen LogP contribution in [0.1, 0.15) is 68.5 Å². The average molecular weight is 498 g/mol. The van der Waals surface area contributed by atoms with Gasteiger partial charge in [-0.25, -0.2) is 18.1 Å². The molecular formula is C25H31N5O4S. The van der Waals surface area contributed by atoms with Gasteiger partial charge < -0.3 is 10.1 Å². The van der Waals surface area contributed by atoms with Crippen LogP contribution in [0.4, 0.5) is 5.69 Å². The van der Waals surface area contributed by atoms with Gasteiger partial charge in [0.05, 0.1) is 34.2 Å². The molecule has 186 valence electrons. The number of hydrogen-bond acceptors (Lipinski definition) is 6. The Morgan fingerprint density at radius 1 is 1.11 bits per heavy atom. The van der Waals surface area contributed by atoms with Gasteiger partial charge in [-0.05, 0) is 70.9 Å². The molecule has 2 aliphatic rings. The number of pyridine rings is 1. The Labute approximate surface area is 205 Å². The maximum absolute atomic E-state index is 13.3. The summed E-state index contributed by atoms with van der Waals surface area (Å²) >= 11 is 0. The number of morpholine rings is 1. The van der Waals surface area contributed by atoms with Crippen LogP contribution in [-0.2, 0) is 14.8 Å². The van der Waals surface area contributed by atoms with E-state index in [2.05, 4.69) is 10.4 Å². The van der Waals surface area contributed by atoms with Crippen LogP contribution in [0.5, 0.6) is 0 Å². The Hall–Kier alpha value is -2.82. The second kappa shape index (κ2) is 9.00. The summed E-state index contributed by atoms with van der Waals surface area (Å²) in [6, 6.07) is 8.29. The fraction of sp³-hybridized carbons (Fsp3) is 0.480. The zero-order valence-electron chi connectivity index (χ0n) is 20.4. The lowest BCUT2D eigenvalue weighted by atomic mass is 10.1. The quantitative estimate of drug-likeness (QED) is 0.553. The normalized spacial score (nSPS) is 21.5. The van der Waals surface area contributed by atoms with E-state index < -0.39 is 10.0 Å². The van der Waals surface area contributed by atoms with Gasteiger partial charge in [0, 0.05) is 36.4 Å². The second-order valence-corrected chi connectivity index (χ2v) is 11.8. The van der Waals surface area contributed by atoms with Crippen molar-refractivity contribution in [3.63, 3.8) is 0 Å². The fourth-order valence-electron chi connectivity index (χ4n) is 4.58. The molecule has 1 saturated carbocycles. The largest absolute Gasteiger partial charge is 0.373 e. The highest BCUT2D eigenvalue weighted by atomic mass is 32.2. The highest BCUT2D eigenvalue weighted by Crippen LogP contribution is 2.40. The monoisotopic (exact) mass is 497 g/mol. The minimum atomic E-state index is -3.65. The van der Waals surface area contributed by atoms with Crippen molar-refractivity contribution in [2.75, 3.05) is 18.4 Å². The maximum Gasteiger partial charge on any atom is 0.256 e. The molecule has 2 atom stereocenters. The van der Waals surface area contributed by atoms with Crippen molar-refractivity contribution in [2.45, 2.75) is 69.6 Å². The lowest BCUT2D eigenvalue weighted by Crippen LogP contribution is -2.48. The average Bonchev–Trinajstić information content (AvgIpc) is 3.56. The summed E-state index contributed by atoms with van der Waals surface area (Å²) in [5.74, 6) is 0.116. The summed E-state index contributed by atoms with van der Waals surface area (Å²) in [6.45, 7) is 8.43. The summed E-state index contributed by atoms with van der Waals surface area (Å²) < 4.78 is 35.2. The first-order valence-corrected chi connectivity index (χ1v) is 13.5. The topological polar surface area (TPSA) is 106 Å². The van der Waals surface area contributed by atoms with Gasteiger partial charge in [0.15, 0.2) is 5.65 Å². The standard InChI is InChI=1S/C25H31N5O4S/c1-15(2)30-24-22(12-26-30)21(11-23(28-24)18-5-6-18)25(31)27-19-7-9-20(10-8-19)35(32,33)29-13-16(3)34-17(4)14-29/h7-12,15-18H,5-6,13-14H2,1-4H3,(H,27,31)/t16-,17-/m1/s1. The van der Waals surface area contributed by atoms with E-state index >= 15 is 0 Å². The van der Waals surface area contributed by atoms with Crippen LogP contribution >= 0.6 is 0 Å². The number of benzene rings is 1. The van der Waals surface area contributed by atoms with Gasteiger partial charge in [0.2, 0.25) is 10.0 Å². The number of fused-ring (bicyclic) bond motifs is 1. The second-order valence-electron chi connectivity index (χ2n) is 9.85. The zero-order chi connectivity index (χ0) is 24.9. The molecule has 3 aromatic rings. The molecule has 1 saturated heterocycles. The molecule has 0 spiro atoms. The predicted octanol–water partition coefficient (Wildman–Crippen LogP) is 3.94. The Balaban J connectivity index is 1.39. The van der Waals surface area contributed by atoms with Crippen molar-refractivity contribution in [2.24, 2.45) is 0 Å². The van der Waals surface area contributed by atoms with E-state index in [9.17, 15) is 13.2 Å². The van der Waals surface area contributed by atoms with Crippen molar-refractivity contribution >= 4 is 32.7 Å². The number of sulfonamides is 1. The predicted molar refractivity (Wildman–Crippen MR) is 133 cm³/mol. The number of aromatic nitrogens is 3. The molecule has 1 aliphatic heterocycles. The Morgan fingerprint density at radius 3 is 2.37 bits per heavy atom. The van der Waals surface area contributed by atoms with Crippen LogP contribution in [0.15, 0.2) is 41.4 Å². The van der Waals surface area contributed by atoms with Crippen LogP contribution < -0.4 is 5.32 Å². The molecule has 0 bridgehead atoms. The van der Waals surface area contributed by atoms with Crippen LogP contribution in [0, 0.1) is 0 Å². The highest BCUT2D eigenvalue weighted by molar-refractivity contribution is 7.89. The van der Waals surface area contributed by atoms with E-state index in [0.717, 1.165) is 18.5 Å². The van der Waals surface area contributed by atoms with Crippen molar-refractivity contribution in [1.29, 1.82) is 0 Å². The molecule has 2 aromatic heterocycles. The van der Waals surface area contributed by atoms with Gasteiger partial charge in [-0.3, -0.25) is 4.79 Å². The third kappa shape index (κ3) is 4.70. The Morgan fingerprint density at radius 2 is 1.77 bits per heavy atom. The first-order valence-electron chi connectivity index (χ1n) is 12.1. The van der Waals surface area contributed by atoms with Gasteiger partial charge in [0.25, 0.3) is 5.91 Å². The molecule has 9 nitrogen and oxygen atoms in total. The van der Waals surface area contributed by atoms with Crippen molar-refractivity contribution in [1.82, 2.24) is 19.1 Å². The molecule has 1 amide bonds. The molecule has 3 heterocycles. The van der Waals surface area contributed by atoms with Crippen molar-refractivity contribution < 1.29 is 17.9 Å². The lowest BCUT2D eigenvalue weighted by Gasteiger charge is -2.34. The first kappa shape index (κ1) is 23.9. The number of rotatable bonds is 6. The van der Waals surface area contributed by atoms with Gasteiger partial charge in [0.1, 0.15) is 0 Å². The van der Waals surface area contributed by atoms with E-state index in [1.54, 1.807) is 18.3 Å². The number of ether oxygens (including phenoxy) is 1. The van der Waals surface area contributed by atoms with Crippen molar-refractivity contribution in [3.05, 3.63) is 47.8 Å². The Kier molecular flexibility index (Phi) is 6.14. The van der Waals surface area contributed by atoms with Crippen LogP contribution in [-0.4, -0.2) is 58.7 Å². The minimum Gasteiger partial charge on any atom is -0.373 e. The number of hydrogen-bond donors (Lipinski definition) is 1. The third-order valence-electron chi connectivity index (χ3n) is 6.45. The van der Waals surface area contributed by atoms with Crippen LogP contribution in [0.3, 0.4) is 0 Å².